The van der Waals surface area contributed by atoms with Crippen LogP contribution in [0.5, 0.6) is 0 Å². The lowest BCUT2D eigenvalue weighted by atomic mass is 9.99. The standard InChI is InChI=1S/C18H21N3O2/c1-12-6-8-21(9-7-12)17-15(18(22)23)11-19-16(20-17)14-5-3-4-13(2)10-14/h3-5,10-12H,6-9H2,1-2H3,(H,22,23). The summed E-state index contributed by atoms with van der Waals surface area (Å²) < 4.78 is 0. The molecule has 1 aromatic carbocycles. The highest BCUT2D eigenvalue weighted by molar-refractivity contribution is 5.93. The molecule has 0 atom stereocenters. The fourth-order valence-corrected chi connectivity index (χ4v) is 2.91. The second-order valence-electron chi connectivity index (χ2n) is 6.28. The van der Waals surface area contributed by atoms with Gasteiger partial charge in [-0.15, -0.1) is 0 Å². The molecule has 0 unspecified atom stereocenters. The van der Waals surface area contributed by atoms with Gasteiger partial charge in [0.25, 0.3) is 0 Å². The zero-order chi connectivity index (χ0) is 16.4. The number of carboxylic acid groups (broad SMARTS) is 1. The summed E-state index contributed by atoms with van der Waals surface area (Å²) in [7, 11) is 0. The van der Waals surface area contributed by atoms with E-state index in [1.165, 1.54) is 6.20 Å². The Bertz CT molecular complexity index is 722. The maximum absolute atomic E-state index is 11.5. The van der Waals surface area contributed by atoms with E-state index < -0.39 is 5.97 Å². The van der Waals surface area contributed by atoms with Crippen molar-refractivity contribution in [2.75, 3.05) is 18.0 Å². The van der Waals surface area contributed by atoms with Crippen LogP contribution >= 0.6 is 0 Å². The zero-order valence-electron chi connectivity index (χ0n) is 13.5. The number of aryl methyl sites for hydroxylation is 1. The molecule has 0 aliphatic carbocycles. The molecule has 2 aromatic rings. The monoisotopic (exact) mass is 311 g/mol. The largest absolute Gasteiger partial charge is 0.477 e. The maximum Gasteiger partial charge on any atom is 0.341 e. The van der Waals surface area contributed by atoms with Crippen molar-refractivity contribution in [1.82, 2.24) is 9.97 Å². The van der Waals surface area contributed by atoms with Gasteiger partial charge >= 0.3 is 5.97 Å². The zero-order valence-corrected chi connectivity index (χ0v) is 13.5. The van der Waals surface area contributed by atoms with Crippen LogP contribution in [0.3, 0.4) is 0 Å². The molecular formula is C18H21N3O2. The van der Waals surface area contributed by atoms with Gasteiger partial charge in [0, 0.05) is 24.8 Å². The Balaban J connectivity index is 2.01. The van der Waals surface area contributed by atoms with Crippen LogP contribution < -0.4 is 4.90 Å². The van der Waals surface area contributed by atoms with E-state index in [1.807, 2.05) is 31.2 Å². The van der Waals surface area contributed by atoms with E-state index >= 15 is 0 Å². The molecule has 0 saturated carbocycles. The van der Waals surface area contributed by atoms with Gasteiger partial charge < -0.3 is 10.0 Å². The van der Waals surface area contributed by atoms with E-state index in [-0.39, 0.29) is 5.56 Å². The van der Waals surface area contributed by atoms with Crippen LogP contribution in [0.4, 0.5) is 5.82 Å². The molecule has 2 heterocycles. The lowest BCUT2D eigenvalue weighted by Crippen LogP contribution is -2.34. The van der Waals surface area contributed by atoms with E-state index in [9.17, 15) is 9.90 Å². The van der Waals surface area contributed by atoms with Crippen molar-refractivity contribution in [1.29, 1.82) is 0 Å². The average molecular weight is 311 g/mol. The average Bonchev–Trinajstić information content (AvgIpc) is 2.55. The molecule has 5 nitrogen and oxygen atoms in total. The first-order valence-electron chi connectivity index (χ1n) is 7.97. The lowest BCUT2D eigenvalue weighted by Gasteiger charge is -2.32. The van der Waals surface area contributed by atoms with Crippen LogP contribution in [-0.4, -0.2) is 34.1 Å². The number of carboxylic acids is 1. The third-order valence-electron chi connectivity index (χ3n) is 4.36. The summed E-state index contributed by atoms with van der Waals surface area (Å²) in [6, 6.07) is 7.94. The summed E-state index contributed by atoms with van der Waals surface area (Å²) in [6.07, 6.45) is 3.55. The Morgan fingerprint density at radius 3 is 2.70 bits per heavy atom. The molecule has 1 aliphatic rings. The third kappa shape index (κ3) is 3.33. The molecule has 23 heavy (non-hydrogen) atoms. The van der Waals surface area contributed by atoms with Crippen molar-refractivity contribution in [2.24, 2.45) is 5.92 Å². The lowest BCUT2D eigenvalue weighted by molar-refractivity contribution is 0.0696. The van der Waals surface area contributed by atoms with Gasteiger partial charge in [0.2, 0.25) is 0 Å². The molecule has 0 radical (unpaired) electrons. The second kappa shape index (κ2) is 6.36. The SMILES string of the molecule is Cc1cccc(-c2ncc(C(=O)O)c(N3CCC(C)CC3)n2)c1. The van der Waals surface area contributed by atoms with Gasteiger partial charge in [-0.2, -0.15) is 0 Å². The minimum absolute atomic E-state index is 0.177. The van der Waals surface area contributed by atoms with Crippen LogP contribution in [0.1, 0.15) is 35.7 Å². The van der Waals surface area contributed by atoms with E-state index in [1.54, 1.807) is 0 Å². The van der Waals surface area contributed by atoms with E-state index in [0.29, 0.717) is 17.6 Å². The van der Waals surface area contributed by atoms with Gasteiger partial charge in [-0.1, -0.05) is 30.7 Å². The molecule has 120 valence electrons. The number of aromatic carboxylic acids is 1. The number of benzene rings is 1. The molecule has 1 N–H and O–H groups in total. The molecular weight excluding hydrogens is 290 g/mol. The van der Waals surface area contributed by atoms with Crippen molar-refractivity contribution in [3.05, 3.63) is 41.6 Å². The number of hydrogen-bond acceptors (Lipinski definition) is 4. The quantitative estimate of drug-likeness (QED) is 0.941. The maximum atomic E-state index is 11.5. The van der Waals surface area contributed by atoms with Crippen LogP contribution in [0, 0.1) is 12.8 Å². The van der Waals surface area contributed by atoms with Crippen LogP contribution in [0.2, 0.25) is 0 Å². The highest BCUT2D eigenvalue weighted by atomic mass is 16.4. The number of nitrogens with zero attached hydrogens (tertiary/aromatic N) is 3. The number of anilines is 1. The number of piperidine rings is 1. The highest BCUT2D eigenvalue weighted by Crippen LogP contribution is 2.27. The van der Waals surface area contributed by atoms with Crippen molar-refractivity contribution in [2.45, 2.75) is 26.7 Å². The van der Waals surface area contributed by atoms with Gasteiger partial charge in [-0.05, 0) is 31.7 Å². The minimum atomic E-state index is -0.977. The molecule has 3 rings (SSSR count). The Labute approximate surface area is 136 Å². The predicted molar refractivity (Wildman–Crippen MR) is 89.8 cm³/mol. The summed E-state index contributed by atoms with van der Waals surface area (Å²) >= 11 is 0. The van der Waals surface area contributed by atoms with Gasteiger partial charge in [-0.3, -0.25) is 0 Å². The fourth-order valence-electron chi connectivity index (χ4n) is 2.91. The molecule has 1 aromatic heterocycles. The normalized spacial score (nSPS) is 15.7. The van der Waals surface area contributed by atoms with E-state index in [2.05, 4.69) is 21.8 Å². The molecule has 1 fully saturated rings. The molecule has 5 heteroatoms. The number of aromatic nitrogens is 2. The number of rotatable bonds is 3. The topological polar surface area (TPSA) is 66.3 Å². The fraction of sp³-hybridized carbons (Fsp3) is 0.389. The van der Waals surface area contributed by atoms with Gasteiger partial charge in [0.15, 0.2) is 5.82 Å². The predicted octanol–water partition coefficient (Wildman–Crippen LogP) is 3.39. The number of hydrogen-bond donors (Lipinski definition) is 1. The Kier molecular flexibility index (Phi) is 4.28. The van der Waals surface area contributed by atoms with Crippen molar-refractivity contribution < 1.29 is 9.90 Å². The van der Waals surface area contributed by atoms with Crippen LogP contribution in [-0.2, 0) is 0 Å². The van der Waals surface area contributed by atoms with Crippen molar-refractivity contribution >= 4 is 11.8 Å². The van der Waals surface area contributed by atoms with Crippen molar-refractivity contribution in [3.8, 4) is 11.4 Å². The first-order valence-corrected chi connectivity index (χ1v) is 7.97. The second-order valence-corrected chi connectivity index (χ2v) is 6.28. The number of carbonyl (C=O) groups is 1. The van der Waals surface area contributed by atoms with E-state index in [4.69, 9.17) is 0 Å². The summed E-state index contributed by atoms with van der Waals surface area (Å²) in [6.45, 7) is 5.92. The summed E-state index contributed by atoms with van der Waals surface area (Å²) in [4.78, 5) is 22.4. The Hall–Kier alpha value is -2.43. The van der Waals surface area contributed by atoms with Gasteiger partial charge in [-0.25, -0.2) is 14.8 Å². The van der Waals surface area contributed by atoms with E-state index in [0.717, 1.165) is 37.1 Å². The summed E-state index contributed by atoms with van der Waals surface area (Å²) in [5.74, 6) is 0.815. The summed E-state index contributed by atoms with van der Waals surface area (Å²) in [5.41, 5.74) is 2.21. The smallest absolute Gasteiger partial charge is 0.341 e. The van der Waals surface area contributed by atoms with Crippen molar-refractivity contribution in [3.63, 3.8) is 0 Å². The van der Waals surface area contributed by atoms with Gasteiger partial charge in [0.05, 0.1) is 0 Å². The minimum Gasteiger partial charge on any atom is -0.477 e. The molecule has 0 spiro atoms. The third-order valence-corrected chi connectivity index (χ3v) is 4.36. The molecule has 1 aliphatic heterocycles. The highest BCUT2D eigenvalue weighted by Gasteiger charge is 2.23. The van der Waals surface area contributed by atoms with Crippen LogP contribution in [0.15, 0.2) is 30.5 Å². The Morgan fingerprint density at radius 1 is 1.30 bits per heavy atom. The van der Waals surface area contributed by atoms with Crippen LogP contribution in [0.25, 0.3) is 11.4 Å². The first kappa shape index (κ1) is 15.5. The Morgan fingerprint density at radius 2 is 2.04 bits per heavy atom. The molecule has 1 saturated heterocycles. The molecule has 0 amide bonds. The first-order chi connectivity index (χ1) is 11.0. The molecule has 0 bridgehead atoms. The van der Waals surface area contributed by atoms with Gasteiger partial charge in [0.1, 0.15) is 11.4 Å². The summed E-state index contributed by atoms with van der Waals surface area (Å²) in [5, 5.41) is 9.45.